The van der Waals surface area contributed by atoms with Gasteiger partial charge in [-0.05, 0) is 43.9 Å². The van der Waals surface area contributed by atoms with Crippen molar-refractivity contribution < 1.29 is 19.1 Å². The first kappa shape index (κ1) is 16.9. The van der Waals surface area contributed by atoms with E-state index < -0.39 is 0 Å². The summed E-state index contributed by atoms with van der Waals surface area (Å²) in [6, 6.07) is 0.450. The van der Waals surface area contributed by atoms with Crippen LogP contribution >= 0.6 is 0 Å². The summed E-state index contributed by atoms with van der Waals surface area (Å²) in [7, 11) is 1.41. The Morgan fingerprint density at radius 3 is 2.52 bits per heavy atom. The summed E-state index contributed by atoms with van der Waals surface area (Å²) in [6.07, 6.45) is 6.35. The lowest BCUT2D eigenvalue weighted by Crippen LogP contribution is -2.51. The highest BCUT2D eigenvalue weighted by atomic mass is 16.5. The van der Waals surface area contributed by atoms with Gasteiger partial charge in [0, 0.05) is 37.9 Å². The molecule has 130 valence electrons. The molecule has 3 rings (SSSR count). The molecule has 23 heavy (non-hydrogen) atoms. The third kappa shape index (κ3) is 3.77. The van der Waals surface area contributed by atoms with E-state index in [1.807, 2.05) is 0 Å². The van der Waals surface area contributed by atoms with Crippen molar-refractivity contribution in [3.8, 4) is 0 Å². The second kappa shape index (κ2) is 7.75. The zero-order valence-electron chi connectivity index (χ0n) is 14.2. The van der Waals surface area contributed by atoms with E-state index in [9.17, 15) is 9.59 Å². The minimum atomic E-state index is -0.177. The molecule has 4 atom stereocenters. The van der Waals surface area contributed by atoms with Crippen LogP contribution in [0.25, 0.3) is 0 Å². The van der Waals surface area contributed by atoms with Gasteiger partial charge in [0.05, 0.1) is 20.3 Å². The fraction of sp³-hybridized carbons (Fsp3) is 0.889. The summed E-state index contributed by atoms with van der Waals surface area (Å²) >= 11 is 0. The summed E-state index contributed by atoms with van der Waals surface area (Å²) in [5, 5.41) is 0. The van der Waals surface area contributed by atoms with Crippen molar-refractivity contribution in [1.82, 2.24) is 4.90 Å². The maximum atomic E-state index is 12.8. The van der Waals surface area contributed by atoms with E-state index in [0.29, 0.717) is 36.5 Å². The number of morpholine rings is 1. The van der Waals surface area contributed by atoms with Crippen molar-refractivity contribution in [2.45, 2.75) is 51.0 Å². The number of nitrogens with zero attached hydrogens (tertiary/aromatic N) is 1. The molecule has 1 aliphatic heterocycles. The minimum Gasteiger partial charge on any atom is -0.469 e. The number of ether oxygens (including phenoxy) is 2. The maximum absolute atomic E-state index is 12.8. The average Bonchev–Trinajstić information content (AvgIpc) is 3.20. The van der Waals surface area contributed by atoms with Crippen LogP contribution in [0.3, 0.4) is 0 Å². The van der Waals surface area contributed by atoms with Gasteiger partial charge in [-0.15, -0.1) is 0 Å². The summed E-state index contributed by atoms with van der Waals surface area (Å²) in [5.41, 5.74) is 0. The molecule has 1 saturated heterocycles. The summed E-state index contributed by atoms with van der Waals surface area (Å²) in [6.45, 7) is 3.54. The van der Waals surface area contributed by atoms with E-state index in [-0.39, 0.29) is 11.9 Å². The number of ketones is 1. The highest BCUT2D eigenvalue weighted by Crippen LogP contribution is 2.51. The van der Waals surface area contributed by atoms with E-state index in [1.165, 1.54) is 26.4 Å². The first-order chi connectivity index (χ1) is 11.2. The molecule has 3 aliphatic rings. The van der Waals surface area contributed by atoms with Gasteiger partial charge in [-0.2, -0.15) is 0 Å². The molecule has 2 saturated carbocycles. The number of hydrogen-bond acceptors (Lipinski definition) is 5. The van der Waals surface area contributed by atoms with Crippen molar-refractivity contribution in [3.63, 3.8) is 0 Å². The summed E-state index contributed by atoms with van der Waals surface area (Å²) in [4.78, 5) is 26.5. The third-order valence-electron chi connectivity index (χ3n) is 5.99. The Morgan fingerprint density at radius 1 is 1.09 bits per heavy atom. The Bertz CT molecular complexity index is 433. The van der Waals surface area contributed by atoms with Gasteiger partial charge in [0.2, 0.25) is 0 Å². The number of hydrogen-bond donors (Lipinski definition) is 0. The van der Waals surface area contributed by atoms with Crippen LogP contribution in [0.1, 0.15) is 44.9 Å². The van der Waals surface area contributed by atoms with Crippen LogP contribution in [-0.2, 0) is 19.1 Å². The first-order valence-electron chi connectivity index (χ1n) is 9.12. The van der Waals surface area contributed by atoms with Gasteiger partial charge in [-0.1, -0.05) is 0 Å². The van der Waals surface area contributed by atoms with E-state index in [2.05, 4.69) is 9.64 Å². The molecular formula is C18H29NO4. The number of methoxy groups -OCH3 is 1. The smallest absolute Gasteiger partial charge is 0.305 e. The zero-order chi connectivity index (χ0) is 16.2. The molecule has 5 nitrogen and oxygen atoms in total. The van der Waals surface area contributed by atoms with Crippen molar-refractivity contribution in [1.29, 1.82) is 0 Å². The highest BCUT2D eigenvalue weighted by molar-refractivity contribution is 5.82. The topological polar surface area (TPSA) is 55.8 Å². The van der Waals surface area contributed by atoms with E-state index in [4.69, 9.17) is 4.74 Å². The van der Waals surface area contributed by atoms with Crippen molar-refractivity contribution in [2.75, 3.05) is 33.4 Å². The maximum Gasteiger partial charge on any atom is 0.305 e. The Morgan fingerprint density at radius 2 is 1.78 bits per heavy atom. The molecule has 0 unspecified atom stereocenters. The van der Waals surface area contributed by atoms with Crippen LogP contribution in [0.2, 0.25) is 0 Å². The lowest BCUT2D eigenvalue weighted by atomic mass is 9.79. The molecule has 2 aliphatic carbocycles. The van der Waals surface area contributed by atoms with Crippen LogP contribution in [-0.4, -0.2) is 56.1 Å². The molecule has 0 aromatic carbocycles. The molecule has 0 spiro atoms. The molecule has 0 aromatic rings. The second-order valence-electron chi connectivity index (χ2n) is 7.25. The Kier molecular flexibility index (Phi) is 5.70. The van der Waals surface area contributed by atoms with Crippen molar-refractivity contribution in [2.24, 2.45) is 17.8 Å². The number of esters is 1. The normalized spacial score (nSPS) is 33.8. The van der Waals surface area contributed by atoms with E-state index in [1.54, 1.807) is 0 Å². The second-order valence-corrected chi connectivity index (χ2v) is 7.25. The molecule has 3 fully saturated rings. The predicted octanol–water partition coefficient (Wildman–Crippen LogP) is 2.04. The molecule has 2 bridgehead atoms. The van der Waals surface area contributed by atoms with Crippen LogP contribution in [0.5, 0.6) is 0 Å². The quantitative estimate of drug-likeness (QED) is 0.530. The molecule has 1 heterocycles. The fourth-order valence-electron chi connectivity index (χ4n) is 4.95. The lowest BCUT2D eigenvalue weighted by molar-refractivity contribution is -0.141. The van der Waals surface area contributed by atoms with Crippen molar-refractivity contribution in [3.05, 3.63) is 0 Å². The standard InChI is InChI=1S/C18H29NO4/c1-22-16(21)5-3-2-4-15(20)17-13-6-7-14(12-13)18(17)19-8-10-23-11-9-19/h13-14,17-18H,2-12H2,1H3/t13-,14+,17+,18-/m0/s1. The molecule has 0 aromatic heterocycles. The number of fused-ring (bicyclic) bond motifs is 2. The molecule has 0 radical (unpaired) electrons. The number of carbonyl (C=O) groups excluding carboxylic acids is 2. The monoisotopic (exact) mass is 323 g/mol. The van der Waals surface area contributed by atoms with Crippen molar-refractivity contribution >= 4 is 11.8 Å². The van der Waals surface area contributed by atoms with Gasteiger partial charge in [0.1, 0.15) is 5.78 Å². The van der Waals surface area contributed by atoms with E-state index in [0.717, 1.165) is 39.1 Å². The average molecular weight is 323 g/mol. The van der Waals surface area contributed by atoms with E-state index >= 15 is 0 Å². The molecule has 0 N–H and O–H groups in total. The van der Waals surface area contributed by atoms with Gasteiger partial charge in [-0.3, -0.25) is 14.5 Å². The Labute approximate surface area is 138 Å². The first-order valence-corrected chi connectivity index (χ1v) is 9.12. The molecule has 0 amide bonds. The lowest BCUT2D eigenvalue weighted by Gasteiger charge is -2.41. The largest absolute Gasteiger partial charge is 0.469 e. The van der Waals surface area contributed by atoms with Crippen LogP contribution in [0.15, 0.2) is 0 Å². The van der Waals surface area contributed by atoms with Crippen LogP contribution < -0.4 is 0 Å². The zero-order valence-corrected chi connectivity index (χ0v) is 14.2. The predicted molar refractivity (Wildman–Crippen MR) is 86.0 cm³/mol. The minimum absolute atomic E-state index is 0.177. The Hall–Kier alpha value is -0.940. The summed E-state index contributed by atoms with van der Waals surface area (Å²) < 4.78 is 10.1. The van der Waals surface area contributed by atoms with Crippen LogP contribution in [0.4, 0.5) is 0 Å². The van der Waals surface area contributed by atoms with Gasteiger partial charge in [0.15, 0.2) is 0 Å². The van der Waals surface area contributed by atoms with Gasteiger partial charge < -0.3 is 9.47 Å². The number of carbonyl (C=O) groups is 2. The number of unbranched alkanes of at least 4 members (excludes halogenated alkanes) is 1. The number of rotatable bonds is 7. The highest BCUT2D eigenvalue weighted by Gasteiger charge is 2.52. The SMILES string of the molecule is COC(=O)CCCCC(=O)[C@H]1[C@H]2CC[C@H](C2)[C@@H]1N1CCOCC1. The number of Topliss-reactive ketones (excluding diaryl/α,β-unsaturated/α-hetero) is 1. The van der Waals surface area contributed by atoms with Crippen LogP contribution in [0, 0.1) is 17.8 Å². The third-order valence-corrected chi connectivity index (χ3v) is 5.99. The fourth-order valence-corrected chi connectivity index (χ4v) is 4.95. The van der Waals surface area contributed by atoms with Gasteiger partial charge >= 0.3 is 5.97 Å². The van der Waals surface area contributed by atoms with Gasteiger partial charge in [-0.25, -0.2) is 0 Å². The van der Waals surface area contributed by atoms with Gasteiger partial charge in [0.25, 0.3) is 0 Å². The Balaban J connectivity index is 1.53. The molecule has 5 heteroatoms. The summed E-state index contributed by atoms with van der Waals surface area (Å²) in [5.74, 6) is 1.79. The molecular weight excluding hydrogens is 294 g/mol.